The Bertz CT molecular complexity index is 575. The van der Waals surface area contributed by atoms with Gasteiger partial charge in [-0.2, -0.15) is 0 Å². The summed E-state index contributed by atoms with van der Waals surface area (Å²) in [5, 5.41) is 15.9. The number of likely N-dealkylation sites (N-methyl/N-ethyl adjacent to an activating group) is 1. The Morgan fingerprint density at radius 1 is 1.50 bits per heavy atom. The van der Waals surface area contributed by atoms with Crippen LogP contribution in [0.4, 0.5) is 0 Å². The fourth-order valence-electron chi connectivity index (χ4n) is 2.63. The summed E-state index contributed by atoms with van der Waals surface area (Å²) in [5.41, 5.74) is 0.417. The van der Waals surface area contributed by atoms with E-state index in [4.69, 9.17) is 0 Å². The Morgan fingerprint density at radius 2 is 2.25 bits per heavy atom. The maximum Gasteiger partial charge on any atom is 0.271 e. The summed E-state index contributed by atoms with van der Waals surface area (Å²) >= 11 is 1.49. The van der Waals surface area contributed by atoms with Gasteiger partial charge in [0.05, 0.1) is 23.7 Å². The lowest BCUT2D eigenvalue weighted by atomic mass is 10.0. The van der Waals surface area contributed by atoms with Crippen LogP contribution in [0.2, 0.25) is 0 Å². The topological polar surface area (TPSA) is 85.8 Å². The smallest absolute Gasteiger partial charge is 0.271 e. The average Bonchev–Trinajstić information content (AvgIpc) is 2.99. The lowest BCUT2D eigenvalue weighted by molar-refractivity contribution is -0.130. The number of aromatic nitrogens is 1. The lowest BCUT2D eigenvalue weighted by Gasteiger charge is -2.36. The average molecular weight is 354 g/mol. The van der Waals surface area contributed by atoms with E-state index in [2.05, 4.69) is 17.2 Å². The maximum absolute atomic E-state index is 12.3. The predicted octanol–water partition coefficient (Wildman–Crippen LogP) is 0.349. The van der Waals surface area contributed by atoms with Gasteiger partial charge in [-0.3, -0.25) is 14.5 Å². The van der Waals surface area contributed by atoms with Crippen molar-refractivity contribution in [3.05, 3.63) is 16.1 Å². The molecule has 0 spiro atoms. The Labute approximate surface area is 146 Å². The van der Waals surface area contributed by atoms with Gasteiger partial charge in [0.1, 0.15) is 5.69 Å². The number of likely N-dealkylation sites (tertiary alicyclic amines) is 1. The third kappa shape index (κ3) is 4.99. The molecule has 2 atom stereocenters. The van der Waals surface area contributed by atoms with Crippen LogP contribution in [0.5, 0.6) is 0 Å². The van der Waals surface area contributed by atoms with Crippen molar-refractivity contribution >= 4 is 23.2 Å². The number of hydrogen-bond acceptors (Lipinski definition) is 6. The molecule has 0 bridgehead atoms. The number of nitrogens with one attached hydrogen (secondary N) is 1. The van der Waals surface area contributed by atoms with Crippen molar-refractivity contribution in [2.75, 3.05) is 33.7 Å². The van der Waals surface area contributed by atoms with Crippen molar-refractivity contribution in [1.82, 2.24) is 20.1 Å². The number of hydrogen-bond donors (Lipinski definition) is 2. The molecule has 8 heteroatoms. The van der Waals surface area contributed by atoms with Gasteiger partial charge in [-0.15, -0.1) is 11.3 Å². The second-order valence-electron chi connectivity index (χ2n) is 6.34. The number of aliphatic hydroxyl groups excluding tert-OH is 1. The number of β-amino-alcohol motifs (C(OH)–C–C–N with tert-alkyl or cyclic N) is 1. The molecule has 2 amide bonds. The first-order chi connectivity index (χ1) is 11.4. The van der Waals surface area contributed by atoms with Crippen LogP contribution in [0.15, 0.2) is 5.38 Å². The van der Waals surface area contributed by atoms with E-state index in [0.717, 1.165) is 17.8 Å². The van der Waals surface area contributed by atoms with Crippen molar-refractivity contribution in [2.24, 2.45) is 0 Å². The minimum Gasteiger partial charge on any atom is -0.390 e. The van der Waals surface area contributed by atoms with Gasteiger partial charge in [0.2, 0.25) is 5.91 Å². The van der Waals surface area contributed by atoms with Gasteiger partial charge in [-0.05, 0) is 19.3 Å². The number of thiazole rings is 1. The van der Waals surface area contributed by atoms with Gasteiger partial charge >= 0.3 is 0 Å². The summed E-state index contributed by atoms with van der Waals surface area (Å²) in [6.07, 6.45) is 1.79. The number of carbonyl (C=O) groups excluding carboxylic acids is 2. The van der Waals surface area contributed by atoms with Gasteiger partial charge in [0.25, 0.3) is 5.91 Å². The Morgan fingerprint density at radius 3 is 2.88 bits per heavy atom. The molecular formula is C16H26N4O3S. The van der Waals surface area contributed by atoms with E-state index in [9.17, 15) is 14.7 Å². The molecule has 7 nitrogen and oxygen atoms in total. The number of amides is 2. The molecule has 0 unspecified atom stereocenters. The number of aliphatic hydroxyl groups is 1. The minimum atomic E-state index is -0.689. The van der Waals surface area contributed by atoms with Crippen LogP contribution in [0, 0.1) is 0 Å². The van der Waals surface area contributed by atoms with Gasteiger partial charge < -0.3 is 15.3 Å². The number of carbonyl (C=O) groups is 2. The minimum absolute atomic E-state index is 0.00983. The molecule has 1 aromatic rings. The number of nitrogens with zero attached hydrogens (tertiary/aromatic N) is 3. The van der Waals surface area contributed by atoms with Crippen LogP contribution < -0.4 is 5.32 Å². The van der Waals surface area contributed by atoms with E-state index in [0.29, 0.717) is 25.2 Å². The van der Waals surface area contributed by atoms with E-state index in [1.807, 2.05) is 4.90 Å². The molecule has 0 aliphatic carbocycles. The van der Waals surface area contributed by atoms with E-state index < -0.39 is 6.10 Å². The van der Waals surface area contributed by atoms with Gasteiger partial charge in [0, 0.05) is 32.6 Å². The maximum atomic E-state index is 12.3. The largest absolute Gasteiger partial charge is 0.390 e. The second-order valence-corrected chi connectivity index (χ2v) is 7.28. The monoisotopic (exact) mass is 354 g/mol. The molecule has 1 saturated heterocycles. The molecule has 0 aromatic carbocycles. The predicted molar refractivity (Wildman–Crippen MR) is 93.1 cm³/mol. The van der Waals surface area contributed by atoms with Crippen LogP contribution in [-0.2, 0) is 11.2 Å². The molecular weight excluding hydrogens is 328 g/mol. The molecule has 2 N–H and O–H groups in total. The first-order valence-electron chi connectivity index (χ1n) is 8.26. The summed E-state index contributed by atoms with van der Waals surface area (Å²) in [4.78, 5) is 31.8. The van der Waals surface area contributed by atoms with Crippen molar-refractivity contribution < 1.29 is 14.7 Å². The summed E-state index contributed by atoms with van der Waals surface area (Å²) in [7, 11) is 3.43. The van der Waals surface area contributed by atoms with Crippen LogP contribution >= 0.6 is 11.3 Å². The molecule has 1 aliphatic rings. The highest BCUT2D eigenvalue weighted by molar-refractivity contribution is 7.09. The standard InChI is InChI=1S/C16H26N4O3S/c1-4-5-14-17-12(10-24-14)16(23)18-11-6-7-20(8-13(11)21)9-15(22)19(2)3/h10-11,13,21H,4-9H2,1-3H3,(H,18,23)/t11-,13-/m1/s1. The third-order valence-corrected chi connectivity index (χ3v) is 5.00. The fourth-order valence-corrected chi connectivity index (χ4v) is 3.51. The molecule has 2 rings (SSSR count). The molecule has 1 aliphatic heterocycles. The Hall–Kier alpha value is -1.51. The van der Waals surface area contributed by atoms with Crippen molar-refractivity contribution in [1.29, 1.82) is 0 Å². The van der Waals surface area contributed by atoms with Crippen LogP contribution in [0.1, 0.15) is 35.3 Å². The van der Waals surface area contributed by atoms with Crippen LogP contribution in [0.3, 0.4) is 0 Å². The molecule has 1 aromatic heterocycles. The summed E-state index contributed by atoms with van der Waals surface area (Å²) in [6.45, 7) is 3.41. The SMILES string of the molecule is CCCc1nc(C(=O)N[C@@H]2CCN(CC(=O)N(C)C)C[C@H]2O)cs1. The highest BCUT2D eigenvalue weighted by Crippen LogP contribution is 2.15. The molecule has 1 fully saturated rings. The fraction of sp³-hybridized carbons (Fsp3) is 0.688. The molecule has 134 valence electrons. The molecule has 24 heavy (non-hydrogen) atoms. The highest BCUT2D eigenvalue weighted by atomic mass is 32.1. The Balaban J connectivity index is 1.85. The van der Waals surface area contributed by atoms with E-state index >= 15 is 0 Å². The van der Waals surface area contributed by atoms with Gasteiger partial charge in [0.15, 0.2) is 0 Å². The zero-order valence-corrected chi connectivity index (χ0v) is 15.3. The van der Waals surface area contributed by atoms with Gasteiger partial charge in [-0.1, -0.05) is 6.92 Å². The third-order valence-electron chi connectivity index (χ3n) is 4.09. The molecule has 0 saturated carbocycles. The van der Waals surface area contributed by atoms with Crippen molar-refractivity contribution in [3.63, 3.8) is 0 Å². The zero-order chi connectivity index (χ0) is 17.7. The van der Waals surface area contributed by atoms with E-state index in [1.54, 1.807) is 19.5 Å². The van der Waals surface area contributed by atoms with Gasteiger partial charge in [-0.25, -0.2) is 4.98 Å². The second kappa shape index (κ2) is 8.55. The van der Waals surface area contributed by atoms with E-state index in [1.165, 1.54) is 16.2 Å². The first kappa shape index (κ1) is 18.8. The number of aryl methyl sites for hydroxylation is 1. The Kier molecular flexibility index (Phi) is 6.70. The number of rotatable bonds is 6. The van der Waals surface area contributed by atoms with E-state index in [-0.39, 0.29) is 24.4 Å². The van der Waals surface area contributed by atoms with Crippen LogP contribution in [0.25, 0.3) is 0 Å². The highest BCUT2D eigenvalue weighted by Gasteiger charge is 2.30. The quantitative estimate of drug-likeness (QED) is 0.770. The molecule has 2 heterocycles. The van der Waals surface area contributed by atoms with Crippen LogP contribution in [-0.4, -0.2) is 77.6 Å². The summed E-state index contributed by atoms with van der Waals surface area (Å²) in [5.74, 6) is -0.230. The molecule has 0 radical (unpaired) electrons. The van der Waals surface area contributed by atoms with Crippen molar-refractivity contribution in [2.45, 2.75) is 38.3 Å². The zero-order valence-electron chi connectivity index (χ0n) is 14.5. The number of piperidine rings is 1. The lowest BCUT2D eigenvalue weighted by Crippen LogP contribution is -2.55. The summed E-state index contributed by atoms with van der Waals surface area (Å²) in [6, 6.07) is -0.306. The normalized spacial score (nSPS) is 21.5. The van der Waals surface area contributed by atoms with Crippen molar-refractivity contribution in [3.8, 4) is 0 Å². The summed E-state index contributed by atoms with van der Waals surface area (Å²) < 4.78 is 0. The first-order valence-corrected chi connectivity index (χ1v) is 9.14.